The van der Waals surface area contributed by atoms with Crippen LogP contribution in [0.15, 0.2) is 0 Å². The second kappa shape index (κ2) is 15.0. The predicted octanol–water partition coefficient (Wildman–Crippen LogP) is -1.97. The van der Waals surface area contributed by atoms with Crippen LogP contribution in [-0.2, 0) is 71.4 Å². The second-order valence-corrected chi connectivity index (χ2v) is 9.07. The third kappa shape index (κ3) is 9.60. The molecule has 0 saturated carbocycles. The van der Waals surface area contributed by atoms with Crippen molar-refractivity contribution >= 4 is 35.8 Å². The molecule has 0 aromatic heterocycles. The van der Waals surface area contributed by atoms with Gasteiger partial charge in [-0.15, -0.1) is 0 Å². The van der Waals surface area contributed by atoms with Crippen LogP contribution in [0.1, 0.15) is 41.5 Å². The maximum Gasteiger partial charge on any atom is 0.303 e. The molecule has 0 aromatic carbocycles. The summed E-state index contributed by atoms with van der Waals surface area (Å²) in [7, 11) is 0. The molecule has 41 heavy (non-hydrogen) atoms. The number of ether oxygens (including phenoxy) is 9. The molecule has 17 nitrogen and oxygen atoms in total. The van der Waals surface area contributed by atoms with Crippen molar-refractivity contribution in [3.05, 3.63) is 0 Å². The van der Waals surface area contributed by atoms with E-state index in [0.29, 0.717) is 0 Å². The summed E-state index contributed by atoms with van der Waals surface area (Å²) >= 11 is 0. The van der Waals surface area contributed by atoms with Crippen molar-refractivity contribution in [2.45, 2.75) is 103 Å². The van der Waals surface area contributed by atoms with Gasteiger partial charge in [0, 0.05) is 41.5 Å². The van der Waals surface area contributed by atoms with Crippen molar-refractivity contribution in [3.8, 4) is 0 Å². The Morgan fingerprint density at radius 1 is 0.537 bits per heavy atom. The summed E-state index contributed by atoms with van der Waals surface area (Å²) in [5.74, 6) is -5.12. The van der Waals surface area contributed by atoms with E-state index in [1.165, 1.54) is 0 Å². The van der Waals surface area contributed by atoms with E-state index in [0.717, 1.165) is 41.5 Å². The van der Waals surface area contributed by atoms with Crippen LogP contribution in [0.2, 0.25) is 0 Å². The Hall–Kier alpha value is -3.38. The number of hydrogen-bond acceptors (Lipinski definition) is 17. The first-order valence-corrected chi connectivity index (χ1v) is 12.4. The van der Waals surface area contributed by atoms with Gasteiger partial charge in [0.25, 0.3) is 0 Å². The molecule has 2 aliphatic heterocycles. The highest BCUT2D eigenvalue weighted by Gasteiger charge is 2.54. The molecule has 0 amide bonds. The zero-order valence-electron chi connectivity index (χ0n) is 23.2. The van der Waals surface area contributed by atoms with E-state index in [4.69, 9.17) is 42.6 Å². The zero-order chi connectivity index (χ0) is 31.0. The van der Waals surface area contributed by atoms with E-state index in [1.54, 1.807) is 0 Å². The molecule has 2 fully saturated rings. The predicted molar refractivity (Wildman–Crippen MR) is 126 cm³/mol. The zero-order valence-corrected chi connectivity index (χ0v) is 23.2. The van der Waals surface area contributed by atoms with Gasteiger partial charge in [-0.3, -0.25) is 28.8 Å². The lowest BCUT2D eigenvalue weighted by molar-refractivity contribution is -0.330. The number of aliphatic hydroxyl groups excluding tert-OH is 2. The van der Waals surface area contributed by atoms with Gasteiger partial charge in [-0.1, -0.05) is 0 Å². The molecule has 232 valence electrons. The number of carbonyl (C=O) groups excluding carboxylic acids is 6. The number of aliphatic hydroxyl groups is 2. The first-order valence-electron chi connectivity index (χ1n) is 12.4. The highest BCUT2D eigenvalue weighted by molar-refractivity contribution is 5.69. The van der Waals surface area contributed by atoms with E-state index in [9.17, 15) is 39.0 Å². The Bertz CT molecular complexity index is 981. The molecule has 2 saturated heterocycles. The van der Waals surface area contributed by atoms with Crippen LogP contribution in [-0.4, -0.2) is 121 Å². The SMILES string of the molecule is CC(=O)O[C@@H]1[C@@H](OC(C)=O)[C@@H](O)O[C@H](CO[C@H]2O[C@H](CO)[C@H](OC(C)=O)[C@H](OC(C)=O)[C@H]2OC(C)=O)[C@H]1OC(C)=O. The third-order valence-electron chi connectivity index (χ3n) is 5.62. The lowest BCUT2D eigenvalue weighted by Crippen LogP contribution is -2.64. The number of rotatable bonds is 10. The molecular weight excluding hydrogens is 560 g/mol. The van der Waals surface area contributed by atoms with Crippen molar-refractivity contribution < 1.29 is 81.6 Å². The van der Waals surface area contributed by atoms with E-state index in [2.05, 4.69) is 0 Å². The molecule has 0 unspecified atom stereocenters. The molecule has 2 aliphatic rings. The molecule has 17 heteroatoms. The number of carbonyl (C=O) groups is 6. The normalized spacial score (nSPS) is 33.1. The Balaban J connectivity index is 2.41. The molecular formula is C24H34O17. The molecule has 2 heterocycles. The first-order chi connectivity index (χ1) is 19.1. The van der Waals surface area contributed by atoms with Gasteiger partial charge in [-0.25, -0.2) is 0 Å². The van der Waals surface area contributed by atoms with Gasteiger partial charge in [0.1, 0.15) is 12.2 Å². The van der Waals surface area contributed by atoms with Gasteiger partial charge in [0.05, 0.1) is 13.2 Å². The highest BCUT2D eigenvalue weighted by Crippen LogP contribution is 2.32. The lowest BCUT2D eigenvalue weighted by atomic mass is 9.97. The Morgan fingerprint density at radius 3 is 1.34 bits per heavy atom. The molecule has 2 rings (SSSR count). The maximum atomic E-state index is 11.9. The fourth-order valence-corrected chi connectivity index (χ4v) is 4.33. The molecule has 0 bridgehead atoms. The first kappa shape index (κ1) is 33.8. The smallest absolute Gasteiger partial charge is 0.303 e. The van der Waals surface area contributed by atoms with E-state index < -0.39 is 110 Å². The molecule has 0 spiro atoms. The molecule has 0 aromatic rings. The molecule has 2 N–H and O–H groups in total. The van der Waals surface area contributed by atoms with Crippen molar-refractivity contribution in [2.75, 3.05) is 13.2 Å². The fourth-order valence-electron chi connectivity index (χ4n) is 4.33. The Labute approximate surface area is 234 Å². The minimum absolute atomic E-state index is 0.620. The van der Waals surface area contributed by atoms with Crippen molar-refractivity contribution in [2.24, 2.45) is 0 Å². The van der Waals surface area contributed by atoms with Crippen molar-refractivity contribution in [3.63, 3.8) is 0 Å². The Morgan fingerprint density at radius 2 is 0.902 bits per heavy atom. The lowest BCUT2D eigenvalue weighted by Gasteiger charge is -2.45. The van der Waals surface area contributed by atoms with E-state index >= 15 is 0 Å². The van der Waals surface area contributed by atoms with Gasteiger partial charge in [0.15, 0.2) is 49.2 Å². The quantitative estimate of drug-likeness (QED) is 0.206. The summed E-state index contributed by atoms with van der Waals surface area (Å²) in [5.41, 5.74) is 0. The maximum absolute atomic E-state index is 11.9. The monoisotopic (exact) mass is 594 g/mol. The standard InChI is InChI=1S/C24H34O17/c1-9(26)34-17-15(7-25)41-24(22(39-14(6)31)20(17)37-12(4)29)33-8-16-18(35-10(2)27)19(36-11(3)28)21(23(32)40-16)38-13(5)30/h15-25,32H,7-8H2,1-6H3/t15-,16-,17+,18-,19+,20+,21-,22-,23+,24+/m1/s1. The fraction of sp³-hybridized carbons (Fsp3) is 0.750. The summed E-state index contributed by atoms with van der Waals surface area (Å²) in [4.78, 5) is 70.8. The van der Waals surface area contributed by atoms with Gasteiger partial charge in [0.2, 0.25) is 0 Å². The minimum atomic E-state index is -1.88. The van der Waals surface area contributed by atoms with Gasteiger partial charge in [-0.05, 0) is 0 Å². The van der Waals surface area contributed by atoms with Crippen LogP contribution in [0, 0.1) is 0 Å². The van der Waals surface area contributed by atoms with Crippen LogP contribution in [0.4, 0.5) is 0 Å². The van der Waals surface area contributed by atoms with Gasteiger partial charge >= 0.3 is 35.8 Å². The number of esters is 6. The summed E-state index contributed by atoms with van der Waals surface area (Å²) in [6.07, 6.45) is -15.3. The van der Waals surface area contributed by atoms with Crippen LogP contribution >= 0.6 is 0 Å². The minimum Gasteiger partial charge on any atom is -0.456 e. The van der Waals surface area contributed by atoms with Crippen molar-refractivity contribution in [1.29, 1.82) is 0 Å². The topological polar surface area (TPSA) is 226 Å². The number of hydrogen-bond donors (Lipinski definition) is 2. The average Bonchev–Trinajstić information content (AvgIpc) is 2.83. The average molecular weight is 595 g/mol. The van der Waals surface area contributed by atoms with E-state index in [1.807, 2.05) is 0 Å². The molecule has 0 aliphatic carbocycles. The van der Waals surface area contributed by atoms with Crippen molar-refractivity contribution in [1.82, 2.24) is 0 Å². The van der Waals surface area contributed by atoms with E-state index in [-0.39, 0.29) is 0 Å². The summed E-state index contributed by atoms with van der Waals surface area (Å²) in [5, 5.41) is 20.4. The van der Waals surface area contributed by atoms with Crippen LogP contribution in [0.5, 0.6) is 0 Å². The van der Waals surface area contributed by atoms with Crippen LogP contribution in [0.25, 0.3) is 0 Å². The summed E-state index contributed by atoms with van der Waals surface area (Å²) in [6.45, 7) is 4.88. The Kier molecular flexibility index (Phi) is 12.4. The van der Waals surface area contributed by atoms with Crippen LogP contribution in [0.3, 0.4) is 0 Å². The largest absolute Gasteiger partial charge is 0.456 e. The molecule has 10 atom stereocenters. The van der Waals surface area contributed by atoms with Gasteiger partial charge < -0.3 is 52.8 Å². The summed E-state index contributed by atoms with van der Waals surface area (Å²) in [6, 6.07) is 0. The second-order valence-electron chi connectivity index (χ2n) is 9.07. The summed E-state index contributed by atoms with van der Waals surface area (Å²) < 4.78 is 48.1. The molecule has 0 radical (unpaired) electrons. The third-order valence-corrected chi connectivity index (χ3v) is 5.62. The van der Waals surface area contributed by atoms with Gasteiger partial charge in [-0.2, -0.15) is 0 Å². The highest BCUT2D eigenvalue weighted by atomic mass is 16.7. The van der Waals surface area contributed by atoms with Crippen LogP contribution < -0.4 is 0 Å².